The molecule has 0 aromatic carbocycles. The number of ether oxygens (including phenoxy) is 1. The molecule has 0 aliphatic rings. The monoisotopic (exact) mass is 381 g/mol. The number of hydrogen-bond donors (Lipinski definition) is 1. The van der Waals surface area contributed by atoms with Gasteiger partial charge < -0.3 is 4.74 Å². The van der Waals surface area contributed by atoms with Gasteiger partial charge in [-0.05, 0) is 50.5 Å². The van der Waals surface area contributed by atoms with Crippen LogP contribution in [0.3, 0.4) is 0 Å². The average molecular weight is 382 g/mol. The van der Waals surface area contributed by atoms with Crippen molar-refractivity contribution < 1.29 is 13.2 Å². The van der Waals surface area contributed by atoms with Crippen LogP contribution in [0.4, 0.5) is 0 Å². The fourth-order valence-corrected chi connectivity index (χ4v) is 5.28. The largest absolute Gasteiger partial charge is 0.375 e. The Balaban J connectivity index is 2.05. The van der Waals surface area contributed by atoms with Crippen LogP contribution < -0.4 is 4.72 Å². The Morgan fingerprint density at radius 2 is 2.21 bits per heavy atom. The van der Waals surface area contributed by atoms with Crippen LogP contribution in [0, 0.1) is 0 Å². The zero-order valence-electron chi connectivity index (χ0n) is 10.00. The van der Waals surface area contributed by atoms with E-state index in [9.17, 15) is 8.42 Å². The molecule has 8 heteroatoms. The summed E-state index contributed by atoms with van der Waals surface area (Å²) in [5, 5.41) is 3.89. The first-order valence-electron chi connectivity index (χ1n) is 5.33. The molecule has 1 N–H and O–H groups in total. The second kappa shape index (κ2) is 6.47. The molecule has 104 valence electrons. The summed E-state index contributed by atoms with van der Waals surface area (Å²) in [7, 11) is -1.91. The van der Waals surface area contributed by atoms with Crippen LogP contribution in [0.15, 0.2) is 37.0 Å². The number of sulfonamides is 1. The molecule has 0 unspecified atom stereocenters. The number of nitrogens with one attached hydrogen (secondary N) is 1. The molecule has 4 nitrogen and oxygen atoms in total. The van der Waals surface area contributed by atoms with Crippen LogP contribution in [0.2, 0.25) is 0 Å². The molecule has 1 atom stereocenters. The minimum atomic E-state index is -3.47. The van der Waals surface area contributed by atoms with Crippen molar-refractivity contribution in [2.75, 3.05) is 13.7 Å². The van der Waals surface area contributed by atoms with E-state index < -0.39 is 10.0 Å². The number of thiophene rings is 2. The first-order chi connectivity index (χ1) is 9.03. The predicted molar refractivity (Wildman–Crippen MR) is 81.3 cm³/mol. The Labute approximate surface area is 128 Å². The SMILES string of the molecule is CO[C@H](CNS(=O)(=O)c1ccc(Br)s1)c1ccsc1. The highest BCUT2D eigenvalue weighted by Gasteiger charge is 2.19. The molecule has 2 aromatic heterocycles. The summed E-state index contributed by atoms with van der Waals surface area (Å²) >= 11 is 5.99. The topological polar surface area (TPSA) is 55.4 Å². The lowest BCUT2D eigenvalue weighted by Crippen LogP contribution is -2.28. The Bertz CT molecular complexity index is 621. The van der Waals surface area contributed by atoms with Gasteiger partial charge in [-0.25, -0.2) is 13.1 Å². The molecular weight excluding hydrogens is 370 g/mol. The van der Waals surface area contributed by atoms with Crippen molar-refractivity contribution in [1.82, 2.24) is 4.72 Å². The number of rotatable bonds is 6. The van der Waals surface area contributed by atoms with Gasteiger partial charge in [-0.3, -0.25) is 0 Å². The first-order valence-corrected chi connectivity index (χ1v) is 9.36. The molecular formula is C11H12BrNO3S3. The predicted octanol–water partition coefficient (Wildman–Crippen LogP) is 3.24. The quantitative estimate of drug-likeness (QED) is 0.835. The zero-order chi connectivity index (χ0) is 13.9. The lowest BCUT2D eigenvalue weighted by Gasteiger charge is -2.14. The lowest BCUT2D eigenvalue weighted by molar-refractivity contribution is 0.107. The van der Waals surface area contributed by atoms with E-state index >= 15 is 0 Å². The molecule has 2 aromatic rings. The zero-order valence-corrected chi connectivity index (χ0v) is 14.0. The molecule has 0 aliphatic heterocycles. The maximum atomic E-state index is 12.1. The van der Waals surface area contributed by atoms with E-state index in [2.05, 4.69) is 20.7 Å². The standard InChI is InChI=1S/C11H12BrNO3S3/c1-16-9(8-4-5-17-7-8)6-13-19(14,15)11-3-2-10(12)18-11/h2-5,7,9,13H,6H2,1H3/t9-/m1/s1. The highest BCUT2D eigenvalue weighted by atomic mass is 79.9. The van der Waals surface area contributed by atoms with Crippen molar-refractivity contribution in [2.45, 2.75) is 10.3 Å². The highest BCUT2D eigenvalue weighted by molar-refractivity contribution is 9.11. The molecule has 2 rings (SSSR count). The molecule has 0 radical (unpaired) electrons. The van der Waals surface area contributed by atoms with Gasteiger partial charge in [-0.2, -0.15) is 11.3 Å². The second-order valence-corrected chi connectivity index (χ2v) is 8.93. The van der Waals surface area contributed by atoms with Crippen LogP contribution >= 0.6 is 38.6 Å². The van der Waals surface area contributed by atoms with Gasteiger partial charge in [0.25, 0.3) is 0 Å². The van der Waals surface area contributed by atoms with Gasteiger partial charge in [0, 0.05) is 13.7 Å². The molecule has 0 amide bonds. The average Bonchev–Trinajstić information content (AvgIpc) is 3.01. The van der Waals surface area contributed by atoms with Crippen LogP contribution in [-0.4, -0.2) is 22.1 Å². The Morgan fingerprint density at radius 3 is 2.74 bits per heavy atom. The third-order valence-corrected chi connectivity index (χ3v) is 6.71. The van der Waals surface area contributed by atoms with Gasteiger partial charge in [-0.1, -0.05) is 0 Å². The van der Waals surface area contributed by atoms with E-state index in [4.69, 9.17) is 4.74 Å². The van der Waals surface area contributed by atoms with Gasteiger partial charge in [0.1, 0.15) is 4.21 Å². The molecule has 19 heavy (non-hydrogen) atoms. The smallest absolute Gasteiger partial charge is 0.250 e. The Hall–Kier alpha value is -0.250. The van der Waals surface area contributed by atoms with Crippen molar-refractivity contribution in [3.05, 3.63) is 38.3 Å². The summed E-state index contributed by atoms with van der Waals surface area (Å²) in [5.41, 5.74) is 0.975. The van der Waals surface area contributed by atoms with Crippen LogP contribution in [0.5, 0.6) is 0 Å². The summed E-state index contributed by atoms with van der Waals surface area (Å²) in [6.07, 6.45) is -0.274. The molecule has 0 spiro atoms. The Kier molecular flexibility index (Phi) is 5.15. The summed E-state index contributed by atoms with van der Waals surface area (Å²) in [4.78, 5) is 0. The van der Waals surface area contributed by atoms with E-state index in [0.29, 0.717) is 4.21 Å². The van der Waals surface area contributed by atoms with Crippen LogP contribution in [-0.2, 0) is 14.8 Å². The van der Waals surface area contributed by atoms with Crippen molar-refractivity contribution in [3.63, 3.8) is 0 Å². The normalized spacial score (nSPS) is 13.6. The van der Waals surface area contributed by atoms with E-state index in [1.165, 1.54) is 11.3 Å². The highest BCUT2D eigenvalue weighted by Crippen LogP contribution is 2.26. The maximum absolute atomic E-state index is 12.1. The van der Waals surface area contributed by atoms with E-state index in [1.54, 1.807) is 30.6 Å². The first kappa shape index (κ1) is 15.1. The fourth-order valence-electron chi connectivity index (χ4n) is 1.49. The van der Waals surface area contributed by atoms with Crippen molar-refractivity contribution in [1.29, 1.82) is 0 Å². The minimum Gasteiger partial charge on any atom is -0.375 e. The third kappa shape index (κ3) is 3.87. The molecule has 0 aliphatic carbocycles. The molecule has 0 saturated heterocycles. The van der Waals surface area contributed by atoms with Crippen LogP contribution in [0.1, 0.15) is 11.7 Å². The van der Waals surface area contributed by atoms with Gasteiger partial charge in [0.05, 0.1) is 9.89 Å². The number of methoxy groups -OCH3 is 1. The van der Waals surface area contributed by atoms with Crippen LogP contribution in [0.25, 0.3) is 0 Å². The van der Waals surface area contributed by atoms with Gasteiger partial charge in [0.15, 0.2) is 0 Å². The summed E-state index contributed by atoms with van der Waals surface area (Å²) in [6, 6.07) is 5.21. The van der Waals surface area contributed by atoms with Crippen molar-refractivity contribution in [2.24, 2.45) is 0 Å². The van der Waals surface area contributed by atoms with Crippen molar-refractivity contribution >= 4 is 48.6 Å². The maximum Gasteiger partial charge on any atom is 0.250 e. The van der Waals surface area contributed by atoms with Crippen molar-refractivity contribution in [3.8, 4) is 0 Å². The number of halogens is 1. The van der Waals surface area contributed by atoms with Gasteiger partial charge in [-0.15, -0.1) is 11.3 Å². The lowest BCUT2D eigenvalue weighted by atomic mass is 10.2. The third-order valence-electron chi connectivity index (χ3n) is 2.47. The van der Waals surface area contributed by atoms with E-state index in [1.807, 2.05) is 16.8 Å². The van der Waals surface area contributed by atoms with Gasteiger partial charge in [0.2, 0.25) is 10.0 Å². The second-order valence-electron chi connectivity index (χ2n) is 3.69. The minimum absolute atomic E-state index is 0.213. The van der Waals surface area contributed by atoms with Gasteiger partial charge >= 0.3 is 0 Å². The number of hydrogen-bond acceptors (Lipinski definition) is 5. The molecule has 0 bridgehead atoms. The summed E-state index contributed by atoms with van der Waals surface area (Å²) < 4.78 is 33.1. The summed E-state index contributed by atoms with van der Waals surface area (Å²) in [5.74, 6) is 0. The molecule has 0 saturated carbocycles. The van der Waals surface area contributed by atoms with E-state index in [-0.39, 0.29) is 12.6 Å². The Morgan fingerprint density at radius 1 is 1.42 bits per heavy atom. The summed E-state index contributed by atoms with van der Waals surface area (Å²) in [6.45, 7) is 0.213. The fraction of sp³-hybridized carbons (Fsp3) is 0.273. The van der Waals surface area contributed by atoms with E-state index in [0.717, 1.165) is 9.35 Å². The molecule has 2 heterocycles. The molecule has 0 fully saturated rings.